The van der Waals surface area contributed by atoms with Crippen LogP contribution in [0.4, 0.5) is 0 Å². The first kappa shape index (κ1) is 23.5. The molecule has 4 rings (SSSR count). The fourth-order valence-corrected chi connectivity index (χ4v) is 4.50. The number of carbonyl (C=O) groups is 1. The lowest BCUT2D eigenvalue weighted by atomic mass is 9.86. The van der Waals surface area contributed by atoms with Crippen molar-refractivity contribution in [3.63, 3.8) is 0 Å². The summed E-state index contributed by atoms with van der Waals surface area (Å²) >= 11 is 0. The number of hydrogen-bond donors (Lipinski definition) is 2. The molecule has 2 aliphatic rings. The number of fused-ring (bicyclic) bond motifs is 1. The molecule has 0 amide bonds. The summed E-state index contributed by atoms with van der Waals surface area (Å²) in [7, 11) is 0. The predicted octanol–water partition coefficient (Wildman–Crippen LogP) is 3.72. The van der Waals surface area contributed by atoms with E-state index in [2.05, 4.69) is 42.7 Å². The average molecular weight is 451 g/mol. The van der Waals surface area contributed by atoms with Crippen molar-refractivity contribution < 1.29 is 19.7 Å². The maximum absolute atomic E-state index is 13.2. The molecule has 2 N–H and O–H groups in total. The van der Waals surface area contributed by atoms with E-state index in [9.17, 15) is 9.90 Å². The minimum absolute atomic E-state index is 0.0642. The van der Waals surface area contributed by atoms with Crippen LogP contribution in [0.2, 0.25) is 0 Å². The Morgan fingerprint density at radius 2 is 1.70 bits per heavy atom. The third-order valence-corrected chi connectivity index (χ3v) is 6.56. The number of β-amino-alcohol motifs (C(OH)–C–C–N with tert-alkyl or cyclic N) is 1. The van der Waals surface area contributed by atoms with E-state index in [-0.39, 0.29) is 29.3 Å². The Labute approximate surface area is 196 Å². The molecule has 176 valence electrons. The van der Waals surface area contributed by atoms with Crippen molar-refractivity contribution in [1.82, 2.24) is 9.80 Å². The van der Waals surface area contributed by atoms with Gasteiger partial charge in [-0.25, -0.2) is 0 Å². The SMILES string of the molecule is Cc1cc(O)c(CN2CCN(CCO)CC2)c2c1C(=O)/C(=C/c1ccc(C(C)(C)C)cc1)O2. The van der Waals surface area contributed by atoms with Gasteiger partial charge in [-0.1, -0.05) is 45.0 Å². The van der Waals surface area contributed by atoms with Gasteiger partial charge in [0.15, 0.2) is 5.76 Å². The Balaban J connectivity index is 1.57. The fourth-order valence-electron chi connectivity index (χ4n) is 4.50. The Bertz CT molecular complexity index is 1060. The van der Waals surface area contributed by atoms with E-state index >= 15 is 0 Å². The highest BCUT2D eigenvalue weighted by Gasteiger charge is 2.34. The number of nitrogens with zero attached hydrogens (tertiary/aromatic N) is 2. The lowest BCUT2D eigenvalue weighted by molar-refractivity contribution is 0.101. The molecule has 1 saturated heterocycles. The summed E-state index contributed by atoms with van der Waals surface area (Å²) in [5.74, 6) is 0.785. The van der Waals surface area contributed by atoms with Gasteiger partial charge in [-0.05, 0) is 41.2 Å². The molecule has 6 heteroatoms. The quantitative estimate of drug-likeness (QED) is 0.677. The van der Waals surface area contributed by atoms with Crippen molar-refractivity contribution in [2.75, 3.05) is 39.3 Å². The van der Waals surface area contributed by atoms with Crippen LogP contribution in [0.3, 0.4) is 0 Å². The van der Waals surface area contributed by atoms with Gasteiger partial charge in [-0.2, -0.15) is 0 Å². The number of Topliss-reactive ketones (excluding diaryl/α,β-unsaturated/α-hetero) is 1. The van der Waals surface area contributed by atoms with E-state index in [4.69, 9.17) is 9.84 Å². The summed E-state index contributed by atoms with van der Waals surface area (Å²) in [6.07, 6.45) is 1.78. The summed E-state index contributed by atoms with van der Waals surface area (Å²) in [5, 5.41) is 19.9. The molecule has 2 aromatic carbocycles. The molecule has 0 aliphatic carbocycles. The summed E-state index contributed by atoms with van der Waals surface area (Å²) in [5.41, 5.74) is 4.12. The number of phenolic OH excluding ortho intramolecular Hbond substituents is 1. The molecule has 0 saturated carbocycles. The number of aliphatic hydroxyl groups is 1. The highest BCUT2D eigenvalue weighted by molar-refractivity contribution is 6.15. The second-order valence-electron chi connectivity index (χ2n) is 10.0. The number of benzene rings is 2. The minimum Gasteiger partial charge on any atom is -0.507 e. The third-order valence-electron chi connectivity index (χ3n) is 6.56. The number of rotatable bonds is 5. The van der Waals surface area contributed by atoms with Crippen molar-refractivity contribution >= 4 is 11.9 Å². The number of hydrogen-bond acceptors (Lipinski definition) is 6. The zero-order valence-electron chi connectivity index (χ0n) is 20.0. The van der Waals surface area contributed by atoms with E-state index in [1.807, 2.05) is 19.1 Å². The monoisotopic (exact) mass is 450 g/mol. The molecular weight excluding hydrogens is 416 g/mol. The Kier molecular flexibility index (Phi) is 6.61. The first-order valence-electron chi connectivity index (χ1n) is 11.6. The highest BCUT2D eigenvalue weighted by atomic mass is 16.5. The number of ketones is 1. The Hall–Kier alpha value is -2.67. The smallest absolute Gasteiger partial charge is 0.232 e. The van der Waals surface area contributed by atoms with Gasteiger partial charge in [0.2, 0.25) is 5.78 Å². The Morgan fingerprint density at radius 3 is 2.30 bits per heavy atom. The molecular formula is C27H34N2O4. The molecule has 1 fully saturated rings. The van der Waals surface area contributed by atoms with Crippen LogP contribution in [0.5, 0.6) is 11.5 Å². The van der Waals surface area contributed by atoms with Gasteiger partial charge in [0, 0.05) is 39.3 Å². The molecule has 0 radical (unpaired) electrons. The van der Waals surface area contributed by atoms with Crippen molar-refractivity contribution in [1.29, 1.82) is 0 Å². The molecule has 0 atom stereocenters. The molecule has 0 spiro atoms. The van der Waals surface area contributed by atoms with Crippen molar-refractivity contribution in [2.24, 2.45) is 0 Å². The van der Waals surface area contributed by atoms with Crippen LogP contribution in [0.25, 0.3) is 6.08 Å². The molecule has 33 heavy (non-hydrogen) atoms. The van der Waals surface area contributed by atoms with Crippen molar-refractivity contribution in [3.05, 3.63) is 63.9 Å². The van der Waals surface area contributed by atoms with Crippen LogP contribution in [0, 0.1) is 6.92 Å². The van der Waals surface area contributed by atoms with Gasteiger partial charge in [0.1, 0.15) is 11.5 Å². The molecule has 0 bridgehead atoms. The zero-order chi connectivity index (χ0) is 23.8. The molecule has 0 aromatic heterocycles. The van der Waals surface area contributed by atoms with Crippen LogP contribution in [0.1, 0.15) is 53.4 Å². The number of aromatic hydroxyl groups is 1. The van der Waals surface area contributed by atoms with Gasteiger partial charge in [0.25, 0.3) is 0 Å². The number of ether oxygens (including phenoxy) is 1. The zero-order valence-corrected chi connectivity index (χ0v) is 20.0. The number of aliphatic hydroxyl groups excluding tert-OH is 1. The first-order chi connectivity index (χ1) is 15.7. The van der Waals surface area contributed by atoms with Crippen LogP contribution < -0.4 is 4.74 Å². The summed E-state index contributed by atoms with van der Waals surface area (Å²) in [6.45, 7) is 13.1. The van der Waals surface area contributed by atoms with E-state index in [1.54, 1.807) is 12.1 Å². The van der Waals surface area contributed by atoms with Gasteiger partial charge in [-0.3, -0.25) is 14.6 Å². The molecule has 2 heterocycles. The molecule has 2 aromatic rings. The summed E-state index contributed by atoms with van der Waals surface area (Å²) in [4.78, 5) is 17.7. The third kappa shape index (κ3) is 4.98. The summed E-state index contributed by atoms with van der Waals surface area (Å²) < 4.78 is 6.10. The van der Waals surface area contributed by atoms with E-state index in [0.29, 0.717) is 30.0 Å². The van der Waals surface area contributed by atoms with Gasteiger partial charge < -0.3 is 14.9 Å². The average Bonchev–Trinajstić information content (AvgIpc) is 3.08. The van der Waals surface area contributed by atoms with Crippen LogP contribution in [-0.4, -0.2) is 65.1 Å². The van der Waals surface area contributed by atoms with Gasteiger partial charge >= 0.3 is 0 Å². The van der Waals surface area contributed by atoms with Gasteiger partial charge in [0.05, 0.1) is 17.7 Å². The molecule has 6 nitrogen and oxygen atoms in total. The number of phenols is 1. The Morgan fingerprint density at radius 1 is 1.06 bits per heavy atom. The number of allylic oxidation sites excluding steroid dienone is 1. The first-order valence-corrected chi connectivity index (χ1v) is 11.6. The predicted molar refractivity (Wildman–Crippen MR) is 130 cm³/mol. The van der Waals surface area contributed by atoms with Gasteiger partial charge in [-0.15, -0.1) is 0 Å². The van der Waals surface area contributed by atoms with Crippen LogP contribution >= 0.6 is 0 Å². The lowest BCUT2D eigenvalue weighted by Gasteiger charge is -2.34. The summed E-state index contributed by atoms with van der Waals surface area (Å²) in [6, 6.07) is 9.84. The van der Waals surface area contributed by atoms with E-state index in [0.717, 1.165) is 37.3 Å². The second kappa shape index (κ2) is 9.29. The lowest BCUT2D eigenvalue weighted by Crippen LogP contribution is -2.46. The molecule has 2 aliphatic heterocycles. The second-order valence-corrected chi connectivity index (χ2v) is 10.0. The standard InChI is InChI=1S/C27H34N2O4/c1-18-15-22(31)21(17-29-11-9-28(10-12-29)13-14-30)26-24(18)25(32)23(33-26)16-19-5-7-20(8-6-19)27(2,3)4/h5-8,15-16,30-31H,9-14,17H2,1-4H3/b23-16-. The maximum Gasteiger partial charge on any atom is 0.232 e. The van der Waals surface area contributed by atoms with Crippen molar-refractivity contribution in [3.8, 4) is 11.5 Å². The minimum atomic E-state index is -0.142. The number of piperazine rings is 1. The van der Waals surface area contributed by atoms with Crippen LogP contribution in [-0.2, 0) is 12.0 Å². The van der Waals surface area contributed by atoms with E-state index < -0.39 is 0 Å². The topological polar surface area (TPSA) is 73.2 Å². The fraction of sp³-hybridized carbons (Fsp3) is 0.444. The highest BCUT2D eigenvalue weighted by Crippen LogP contribution is 2.42. The number of carbonyl (C=O) groups excluding carboxylic acids is 1. The van der Waals surface area contributed by atoms with Crippen LogP contribution in [0.15, 0.2) is 36.1 Å². The molecule has 0 unspecified atom stereocenters. The number of aryl methyl sites for hydroxylation is 1. The largest absolute Gasteiger partial charge is 0.507 e. The normalized spacial score (nSPS) is 18.6. The maximum atomic E-state index is 13.2. The van der Waals surface area contributed by atoms with Crippen molar-refractivity contribution in [2.45, 2.75) is 39.7 Å². The van der Waals surface area contributed by atoms with E-state index in [1.165, 1.54) is 5.56 Å².